The lowest BCUT2D eigenvalue weighted by atomic mass is 9.86. The Labute approximate surface area is 148 Å². The number of carbonyl (C=O) groups excluding carboxylic acids is 1. The Bertz CT molecular complexity index is 666. The van der Waals surface area contributed by atoms with Crippen molar-refractivity contribution in [2.75, 3.05) is 13.6 Å². The topological polar surface area (TPSA) is 45.2 Å². The van der Waals surface area contributed by atoms with Crippen LogP contribution in [0.25, 0.3) is 10.2 Å². The number of amides is 1. The molecular formula is C19H27N3OS. The molecule has 1 aliphatic rings. The van der Waals surface area contributed by atoms with Crippen LogP contribution >= 0.6 is 11.3 Å². The van der Waals surface area contributed by atoms with E-state index in [9.17, 15) is 4.79 Å². The zero-order valence-electron chi connectivity index (χ0n) is 14.8. The number of aromatic nitrogens is 1. The molecular weight excluding hydrogens is 318 g/mol. The second kappa shape index (κ2) is 7.62. The van der Waals surface area contributed by atoms with Crippen LogP contribution in [0.15, 0.2) is 24.3 Å². The van der Waals surface area contributed by atoms with Crippen molar-refractivity contribution in [1.29, 1.82) is 0 Å². The van der Waals surface area contributed by atoms with E-state index in [0.29, 0.717) is 18.5 Å². The number of likely N-dealkylation sites (N-methyl/N-ethyl adjacent to an activating group) is 1. The second-order valence-corrected chi connectivity index (χ2v) is 8.11. The predicted octanol–water partition coefficient (Wildman–Crippen LogP) is 3.98. The van der Waals surface area contributed by atoms with Gasteiger partial charge in [0, 0.05) is 6.04 Å². The molecule has 1 saturated carbocycles. The summed E-state index contributed by atoms with van der Waals surface area (Å²) in [5.41, 5.74) is 1.04. The molecule has 0 unspecified atom stereocenters. The number of para-hydroxylation sites is 1. The predicted molar refractivity (Wildman–Crippen MR) is 100 cm³/mol. The van der Waals surface area contributed by atoms with Crippen LogP contribution in [0.5, 0.6) is 0 Å². The molecule has 1 aromatic carbocycles. The van der Waals surface area contributed by atoms with Gasteiger partial charge in [-0.2, -0.15) is 0 Å². The fourth-order valence-electron chi connectivity index (χ4n) is 3.40. The van der Waals surface area contributed by atoms with Crippen molar-refractivity contribution in [2.24, 2.45) is 5.92 Å². The molecule has 1 fully saturated rings. The van der Waals surface area contributed by atoms with Gasteiger partial charge in [-0.15, -0.1) is 11.3 Å². The molecule has 1 aliphatic carbocycles. The molecule has 0 aliphatic heterocycles. The van der Waals surface area contributed by atoms with Crippen LogP contribution in [0.3, 0.4) is 0 Å². The maximum absolute atomic E-state index is 12.4. The van der Waals surface area contributed by atoms with Gasteiger partial charge in [0.05, 0.1) is 22.8 Å². The summed E-state index contributed by atoms with van der Waals surface area (Å²) in [6.45, 7) is 4.78. The van der Waals surface area contributed by atoms with Crippen LogP contribution in [0.1, 0.15) is 50.6 Å². The van der Waals surface area contributed by atoms with E-state index >= 15 is 0 Å². The van der Waals surface area contributed by atoms with Gasteiger partial charge in [0.15, 0.2) is 0 Å². The Morgan fingerprint density at radius 2 is 2.12 bits per heavy atom. The maximum Gasteiger partial charge on any atom is 0.234 e. The number of fused-ring (bicyclic) bond motifs is 1. The van der Waals surface area contributed by atoms with Crippen molar-refractivity contribution < 1.29 is 4.79 Å². The first-order valence-electron chi connectivity index (χ1n) is 8.89. The summed E-state index contributed by atoms with van der Waals surface area (Å²) < 4.78 is 1.20. The highest BCUT2D eigenvalue weighted by molar-refractivity contribution is 7.18. The molecule has 1 amide bonds. The standard InChI is InChI=1S/C19H27N3OS/c1-13-8-4-5-9-15(13)20-18(23)12-22(3)14(2)19-21-16-10-6-7-11-17(16)24-19/h6-7,10-11,13-15H,4-5,8-9,12H2,1-3H3,(H,20,23)/t13-,14-,15-/m0/s1. The van der Waals surface area contributed by atoms with Crippen LogP contribution in [-0.4, -0.2) is 35.4 Å². The highest BCUT2D eigenvalue weighted by Gasteiger charge is 2.24. The molecule has 1 aromatic heterocycles. The van der Waals surface area contributed by atoms with Gasteiger partial charge in [-0.25, -0.2) is 4.98 Å². The van der Waals surface area contributed by atoms with Gasteiger partial charge in [0.2, 0.25) is 5.91 Å². The Balaban J connectivity index is 1.58. The number of benzene rings is 1. The van der Waals surface area contributed by atoms with Gasteiger partial charge >= 0.3 is 0 Å². The molecule has 0 saturated heterocycles. The van der Waals surface area contributed by atoms with E-state index in [0.717, 1.165) is 16.9 Å². The minimum Gasteiger partial charge on any atom is -0.352 e. The number of thiazole rings is 1. The minimum atomic E-state index is 0.129. The molecule has 1 N–H and O–H groups in total. The third-order valence-corrected chi connectivity index (χ3v) is 6.39. The van der Waals surface area contributed by atoms with Gasteiger partial charge in [-0.3, -0.25) is 9.69 Å². The van der Waals surface area contributed by atoms with E-state index in [4.69, 9.17) is 4.98 Å². The molecule has 5 heteroatoms. The highest BCUT2D eigenvalue weighted by atomic mass is 32.1. The van der Waals surface area contributed by atoms with Crippen LogP contribution in [0, 0.1) is 5.92 Å². The SMILES string of the molecule is C[C@H]1CCCC[C@@H]1NC(=O)CN(C)[C@@H](C)c1nc2ccccc2s1. The minimum absolute atomic E-state index is 0.129. The lowest BCUT2D eigenvalue weighted by Crippen LogP contribution is -2.45. The lowest BCUT2D eigenvalue weighted by Gasteiger charge is -2.30. The summed E-state index contributed by atoms with van der Waals surface area (Å²) in [4.78, 5) is 19.2. The molecule has 0 bridgehead atoms. The van der Waals surface area contributed by atoms with Crippen LogP contribution in [0.2, 0.25) is 0 Å². The van der Waals surface area contributed by atoms with E-state index in [1.807, 2.05) is 25.2 Å². The van der Waals surface area contributed by atoms with Crippen molar-refractivity contribution in [3.8, 4) is 0 Å². The average molecular weight is 346 g/mol. The lowest BCUT2D eigenvalue weighted by molar-refractivity contribution is -0.123. The first-order valence-corrected chi connectivity index (χ1v) is 9.71. The molecule has 1 heterocycles. The third kappa shape index (κ3) is 3.95. The Kier molecular flexibility index (Phi) is 5.51. The number of rotatable bonds is 5. The third-order valence-electron chi connectivity index (χ3n) is 5.18. The van der Waals surface area contributed by atoms with Gasteiger partial charge in [-0.1, -0.05) is 31.9 Å². The Hall–Kier alpha value is -1.46. The summed E-state index contributed by atoms with van der Waals surface area (Å²) in [6, 6.07) is 8.67. The van der Waals surface area contributed by atoms with Crippen molar-refractivity contribution in [2.45, 2.75) is 51.6 Å². The molecule has 4 nitrogen and oxygen atoms in total. The van der Waals surface area contributed by atoms with Crippen molar-refractivity contribution >= 4 is 27.5 Å². The van der Waals surface area contributed by atoms with E-state index < -0.39 is 0 Å². The molecule has 0 spiro atoms. The number of nitrogens with one attached hydrogen (secondary N) is 1. The molecule has 2 aromatic rings. The van der Waals surface area contributed by atoms with Crippen molar-refractivity contribution in [3.05, 3.63) is 29.3 Å². The normalized spacial score (nSPS) is 22.7. The molecule has 24 heavy (non-hydrogen) atoms. The first-order chi connectivity index (χ1) is 11.5. The van der Waals surface area contributed by atoms with E-state index in [-0.39, 0.29) is 11.9 Å². The Morgan fingerprint density at radius 3 is 2.88 bits per heavy atom. The molecule has 3 atom stereocenters. The maximum atomic E-state index is 12.4. The highest BCUT2D eigenvalue weighted by Crippen LogP contribution is 2.28. The van der Waals surface area contributed by atoms with Crippen LogP contribution < -0.4 is 5.32 Å². The number of nitrogens with zero attached hydrogens (tertiary/aromatic N) is 2. The number of hydrogen-bond donors (Lipinski definition) is 1. The van der Waals surface area contributed by atoms with Crippen LogP contribution in [-0.2, 0) is 4.79 Å². The van der Waals surface area contributed by atoms with Gasteiger partial charge in [0.1, 0.15) is 5.01 Å². The summed E-state index contributed by atoms with van der Waals surface area (Å²) in [5.74, 6) is 0.721. The monoisotopic (exact) mass is 345 g/mol. The largest absolute Gasteiger partial charge is 0.352 e. The number of carbonyl (C=O) groups is 1. The van der Waals surface area contributed by atoms with Gasteiger partial charge in [0.25, 0.3) is 0 Å². The quantitative estimate of drug-likeness (QED) is 0.891. The molecule has 3 rings (SSSR count). The van der Waals surface area contributed by atoms with Crippen LogP contribution in [0.4, 0.5) is 0 Å². The smallest absolute Gasteiger partial charge is 0.234 e. The van der Waals surface area contributed by atoms with Gasteiger partial charge < -0.3 is 5.32 Å². The van der Waals surface area contributed by atoms with E-state index in [2.05, 4.69) is 30.1 Å². The summed E-state index contributed by atoms with van der Waals surface area (Å²) in [6.07, 6.45) is 4.86. The average Bonchev–Trinajstić information content (AvgIpc) is 3.00. The van der Waals surface area contributed by atoms with Crippen molar-refractivity contribution in [1.82, 2.24) is 15.2 Å². The fraction of sp³-hybridized carbons (Fsp3) is 0.579. The van der Waals surface area contributed by atoms with Gasteiger partial charge in [-0.05, 0) is 44.9 Å². The first kappa shape index (κ1) is 17.4. The Morgan fingerprint density at radius 1 is 1.38 bits per heavy atom. The summed E-state index contributed by atoms with van der Waals surface area (Å²) in [5, 5.41) is 4.30. The summed E-state index contributed by atoms with van der Waals surface area (Å²) >= 11 is 1.71. The zero-order chi connectivity index (χ0) is 17.1. The fourth-order valence-corrected chi connectivity index (χ4v) is 4.49. The van der Waals surface area contributed by atoms with Crippen molar-refractivity contribution in [3.63, 3.8) is 0 Å². The second-order valence-electron chi connectivity index (χ2n) is 7.05. The zero-order valence-corrected chi connectivity index (χ0v) is 15.6. The summed E-state index contributed by atoms with van der Waals surface area (Å²) in [7, 11) is 2.00. The molecule has 0 radical (unpaired) electrons. The number of hydrogen-bond acceptors (Lipinski definition) is 4. The van der Waals surface area contributed by atoms with E-state index in [1.54, 1.807) is 11.3 Å². The van der Waals surface area contributed by atoms with E-state index in [1.165, 1.54) is 24.0 Å². The molecule has 130 valence electrons.